The SMILES string of the molecule is O=C(SO)[C@@H](O)[C@@H](O)CO. The van der Waals surface area contributed by atoms with Crippen molar-refractivity contribution in [1.29, 1.82) is 0 Å². The number of aliphatic hydroxyl groups excluding tert-OH is 3. The molecule has 0 bridgehead atoms. The number of carbonyl (C=O) groups excluding carboxylic acids is 1. The second-order valence-corrected chi connectivity index (χ2v) is 2.19. The second-order valence-electron chi connectivity index (χ2n) is 1.61. The molecule has 5 nitrogen and oxygen atoms in total. The molecule has 0 aliphatic rings. The van der Waals surface area contributed by atoms with Crippen molar-refractivity contribution in [2.24, 2.45) is 0 Å². The Kier molecular flexibility index (Phi) is 4.58. The summed E-state index contributed by atoms with van der Waals surface area (Å²) >= 11 is -0.183. The van der Waals surface area contributed by atoms with Crippen LogP contribution in [0.1, 0.15) is 0 Å². The molecule has 0 aliphatic carbocycles. The molecule has 10 heavy (non-hydrogen) atoms. The minimum absolute atomic E-state index is 0.183. The number of hydrogen-bond acceptors (Lipinski definition) is 6. The lowest BCUT2D eigenvalue weighted by atomic mass is 10.2. The van der Waals surface area contributed by atoms with Crippen LogP contribution >= 0.6 is 12.0 Å². The molecule has 0 aliphatic heterocycles. The van der Waals surface area contributed by atoms with Gasteiger partial charge in [-0.3, -0.25) is 4.79 Å². The van der Waals surface area contributed by atoms with E-state index in [2.05, 4.69) is 0 Å². The van der Waals surface area contributed by atoms with Crippen LogP contribution in [0, 0.1) is 0 Å². The third-order valence-electron chi connectivity index (χ3n) is 0.883. The molecule has 0 unspecified atom stereocenters. The highest BCUT2D eigenvalue weighted by Gasteiger charge is 2.23. The van der Waals surface area contributed by atoms with Gasteiger partial charge in [0.15, 0.2) is 6.10 Å². The fourth-order valence-corrected chi connectivity index (χ4v) is 0.576. The number of carbonyl (C=O) groups is 1. The Balaban J connectivity index is 3.81. The van der Waals surface area contributed by atoms with E-state index in [1.165, 1.54) is 0 Å². The molecule has 6 heteroatoms. The maximum absolute atomic E-state index is 10.3. The van der Waals surface area contributed by atoms with Crippen LogP contribution in [0.4, 0.5) is 0 Å². The smallest absolute Gasteiger partial charge is 0.246 e. The van der Waals surface area contributed by atoms with Crippen molar-refractivity contribution in [3.63, 3.8) is 0 Å². The van der Waals surface area contributed by atoms with Crippen LogP contribution in [0.3, 0.4) is 0 Å². The van der Waals surface area contributed by atoms with Gasteiger partial charge in [0.2, 0.25) is 5.12 Å². The van der Waals surface area contributed by atoms with Crippen LogP contribution in [0.25, 0.3) is 0 Å². The summed E-state index contributed by atoms with van der Waals surface area (Å²) in [5, 5.41) is 24.4. The Morgan fingerprint density at radius 1 is 1.50 bits per heavy atom. The zero-order valence-corrected chi connectivity index (χ0v) is 5.78. The van der Waals surface area contributed by atoms with Crippen molar-refractivity contribution < 1.29 is 24.7 Å². The number of hydrogen-bond donors (Lipinski definition) is 4. The molecule has 0 amide bonds. The van der Waals surface area contributed by atoms with Gasteiger partial charge in [0, 0.05) is 0 Å². The zero-order chi connectivity index (χ0) is 8.15. The minimum Gasteiger partial charge on any atom is -0.394 e. The van der Waals surface area contributed by atoms with Gasteiger partial charge in [-0.25, -0.2) is 0 Å². The van der Waals surface area contributed by atoms with Crippen LogP contribution in [0.2, 0.25) is 0 Å². The first kappa shape index (κ1) is 9.86. The predicted octanol–water partition coefficient (Wildman–Crippen LogP) is -1.57. The van der Waals surface area contributed by atoms with Crippen molar-refractivity contribution in [1.82, 2.24) is 0 Å². The minimum atomic E-state index is -1.72. The third-order valence-corrected chi connectivity index (χ3v) is 1.30. The largest absolute Gasteiger partial charge is 0.394 e. The van der Waals surface area contributed by atoms with E-state index in [1.807, 2.05) is 0 Å². The fraction of sp³-hybridized carbons (Fsp3) is 0.750. The van der Waals surface area contributed by atoms with Gasteiger partial charge < -0.3 is 19.9 Å². The molecular weight excluding hydrogens is 160 g/mol. The van der Waals surface area contributed by atoms with Crippen LogP contribution in [-0.4, -0.2) is 43.8 Å². The average Bonchev–Trinajstić information content (AvgIpc) is 2.00. The summed E-state index contributed by atoms with van der Waals surface area (Å²) in [5.41, 5.74) is 0. The first-order valence-corrected chi connectivity index (χ1v) is 3.23. The Bertz CT molecular complexity index is 116. The topological polar surface area (TPSA) is 98.0 Å². The van der Waals surface area contributed by atoms with Crippen molar-refractivity contribution in [2.45, 2.75) is 12.2 Å². The normalized spacial score (nSPS) is 16.4. The summed E-state index contributed by atoms with van der Waals surface area (Å²) in [6.45, 7) is -0.715. The molecular formula is C4H8O5S. The summed E-state index contributed by atoms with van der Waals surface area (Å²) in [7, 11) is 0. The highest BCUT2D eigenvalue weighted by Crippen LogP contribution is 2.03. The van der Waals surface area contributed by atoms with E-state index in [4.69, 9.17) is 19.9 Å². The first-order chi connectivity index (χ1) is 4.63. The molecule has 0 rings (SSSR count). The van der Waals surface area contributed by atoms with E-state index >= 15 is 0 Å². The van der Waals surface area contributed by atoms with Gasteiger partial charge in [-0.15, -0.1) is 0 Å². The predicted molar refractivity (Wildman–Crippen MR) is 34.3 cm³/mol. The lowest BCUT2D eigenvalue weighted by molar-refractivity contribution is -0.125. The standard InChI is InChI=1S/C4H8O5S/c5-1-2(6)3(7)4(8)10-9/h2-3,5-7,9H,1H2/t2-,3-/m0/s1. The van der Waals surface area contributed by atoms with E-state index < -0.39 is 23.9 Å². The van der Waals surface area contributed by atoms with Gasteiger partial charge in [-0.1, -0.05) is 0 Å². The molecule has 0 spiro atoms. The van der Waals surface area contributed by atoms with Crippen molar-refractivity contribution in [3.8, 4) is 0 Å². The van der Waals surface area contributed by atoms with Crippen molar-refractivity contribution >= 4 is 17.2 Å². The molecule has 0 radical (unpaired) electrons. The van der Waals surface area contributed by atoms with E-state index in [0.29, 0.717) is 0 Å². The maximum Gasteiger partial charge on any atom is 0.246 e. The summed E-state index contributed by atoms with van der Waals surface area (Å²) in [6, 6.07) is 0. The lowest BCUT2D eigenvalue weighted by Gasteiger charge is -2.10. The van der Waals surface area contributed by atoms with Crippen LogP contribution in [-0.2, 0) is 4.79 Å². The van der Waals surface area contributed by atoms with Gasteiger partial charge >= 0.3 is 0 Å². The summed E-state index contributed by atoms with van der Waals surface area (Å²) in [4.78, 5) is 10.3. The average molecular weight is 168 g/mol. The fourth-order valence-electron chi connectivity index (χ4n) is 0.311. The molecule has 2 atom stereocenters. The van der Waals surface area contributed by atoms with Crippen LogP contribution in [0.5, 0.6) is 0 Å². The van der Waals surface area contributed by atoms with Gasteiger partial charge in [0.25, 0.3) is 0 Å². The molecule has 60 valence electrons. The Labute approximate surface area is 61.5 Å². The molecule has 0 saturated carbocycles. The lowest BCUT2D eigenvalue weighted by Crippen LogP contribution is -2.34. The molecule has 0 fully saturated rings. The van der Waals surface area contributed by atoms with Crippen molar-refractivity contribution in [2.75, 3.05) is 6.61 Å². The van der Waals surface area contributed by atoms with Gasteiger partial charge in [0.1, 0.15) is 6.10 Å². The van der Waals surface area contributed by atoms with E-state index in [9.17, 15) is 4.79 Å². The molecule has 0 saturated heterocycles. The molecule has 0 aromatic heterocycles. The Morgan fingerprint density at radius 3 is 2.30 bits per heavy atom. The summed E-state index contributed by atoms with van der Waals surface area (Å²) in [6.07, 6.45) is -3.24. The summed E-state index contributed by atoms with van der Waals surface area (Å²) in [5.74, 6) is 0. The highest BCUT2D eigenvalue weighted by molar-refractivity contribution is 8.08. The molecule has 4 N–H and O–H groups in total. The monoisotopic (exact) mass is 168 g/mol. The van der Waals surface area contributed by atoms with E-state index in [-0.39, 0.29) is 12.0 Å². The quantitative estimate of drug-likeness (QED) is 0.380. The molecule has 0 heterocycles. The maximum atomic E-state index is 10.3. The van der Waals surface area contributed by atoms with E-state index in [1.54, 1.807) is 0 Å². The van der Waals surface area contributed by atoms with E-state index in [0.717, 1.165) is 0 Å². The van der Waals surface area contributed by atoms with Crippen LogP contribution < -0.4 is 0 Å². The summed E-state index contributed by atoms with van der Waals surface area (Å²) < 4.78 is 8.06. The second kappa shape index (κ2) is 4.64. The molecule has 0 aromatic rings. The highest BCUT2D eigenvalue weighted by atomic mass is 32.2. The Morgan fingerprint density at radius 2 is 2.00 bits per heavy atom. The van der Waals surface area contributed by atoms with Crippen molar-refractivity contribution in [3.05, 3.63) is 0 Å². The van der Waals surface area contributed by atoms with Crippen LogP contribution in [0.15, 0.2) is 0 Å². The first-order valence-electron chi connectivity index (χ1n) is 2.45. The zero-order valence-electron chi connectivity index (χ0n) is 4.97. The number of rotatable bonds is 3. The van der Waals surface area contributed by atoms with Gasteiger partial charge in [-0.05, 0) is 0 Å². The molecule has 0 aromatic carbocycles. The number of aliphatic hydroxyl groups is 3. The van der Waals surface area contributed by atoms with Gasteiger partial charge in [-0.2, -0.15) is 0 Å². The van der Waals surface area contributed by atoms with Gasteiger partial charge in [0.05, 0.1) is 18.6 Å². The Hall–Kier alpha value is -0.140. The third kappa shape index (κ3) is 2.63.